The SMILES string of the molecule is CCNC(=NCc1ncccc1C)NCC1CN(CC(C)C)CCO1.I. The molecule has 6 nitrogen and oxygen atoms in total. The molecule has 2 rings (SSSR count). The van der Waals surface area contributed by atoms with E-state index in [1.807, 2.05) is 12.3 Å². The fraction of sp³-hybridized carbons (Fsp3) is 0.684. The third-order valence-corrected chi connectivity index (χ3v) is 4.19. The second kappa shape index (κ2) is 12.5. The molecule has 1 atom stereocenters. The van der Waals surface area contributed by atoms with Crippen LogP contribution < -0.4 is 10.6 Å². The summed E-state index contributed by atoms with van der Waals surface area (Å²) in [4.78, 5) is 11.6. The molecule has 1 saturated heterocycles. The molecule has 1 aromatic heterocycles. The van der Waals surface area contributed by atoms with Crippen LogP contribution in [-0.2, 0) is 11.3 Å². The molecule has 0 aromatic carbocycles. The van der Waals surface area contributed by atoms with E-state index in [1.165, 1.54) is 5.56 Å². The Kier molecular flexibility index (Phi) is 11.1. The summed E-state index contributed by atoms with van der Waals surface area (Å²) in [6, 6.07) is 4.02. The van der Waals surface area contributed by atoms with E-state index in [1.54, 1.807) is 0 Å². The van der Waals surface area contributed by atoms with Crippen LogP contribution in [0.4, 0.5) is 0 Å². The molecule has 2 N–H and O–H groups in total. The lowest BCUT2D eigenvalue weighted by molar-refractivity contribution is -0.0284. The molecule has 26 heavy (non-hydrogen) atoms. The van der Waals surface area contributed by atoms with Crippen LogP contribution in [0.3, 0.4) is 0 Å². The fourth-order valence-corrected chi connectivity index (χ4v) is 2.98. The first kappa shape index (κ1) is 23.1. The molecule has 1 aromatic rings. The molecule has 0 radical (unpaired) electrons. The molecule has 1 aliphatic rings. The molecule has 148 valence electrons. The highest BCUT2D eigenvalue weighted by Gasteiger charge is 2.21. The number of hydrogen-bond acceptors (Lipinski definition) is 4. The molecular weight excluding hydrogens is 441 g/mol. The third kappa shape index (κ3) is 8.18. The van der Waals surface area contributed by atoms with Gasteiger partial charge < -0.3 is 15.4 Å². The molecule has 0 saturated carbocycles. The normalized spacial score (nSPS) is 18.5. The summed E-state index contributed by atoms with van der Waals surface area (Å²) in [5.74, 6) is 1.50. The van der Waals surface area contributed by atoms with Crippen molar-refractivity contribution >= 4 is 29.9 Å². The van der Waals surface area contributed by atoms with Gasteiger partial charge in [-0.3, -0.25) is 9.88 Å². The Hall–Kier alpha value is -0.930. The molecule has 0 spiro atoms. The Balaban J connectivity index is 0.00000338. The largest absolute Gasteiger partial charge is 0.374 e. The van der Waals surface area contributed by atoms with E-state index >= 15 is 0 Å². The van der Waals surface area contributed by atoms with E-state index in [-0.39, 0.29) is 30.1 Å². The maximum absolute atomic E-state index is 5.90. The lowest BCUT2D eigenvalue weighted by Crippen LogP contribution is -2.50. The lowest BCUT2D eigenvalue weighted by Gasteiger charge is -2.34. The topological polar surface area (TPSA) is 61.8 Å². The number of nitrogens with one attached hydrogen (secondary N) is 2. The number of rotatable bonds is 7. The van der Waals surface area contributed by atoms with Crippen molar-refractivity contribution in [2.45, 2.75) is 40.3 Å². The minimum absolute atomic E-state index is 0. The van der Waals surface area contributed by atoms with Gasteiger partial charge in [0.25, 0.3) is 0 Å². The standard InChI is InChI=1S/C19H33N5O.HI/c1-5-20-19(23-12-18-16(4)7-6-8-21-18)22-11-17-14-24(9-10-25-17)13-15(2)3;/h6-8,15,17H,5,9-14H2,1-4H3,(H2,20,22,23);1H. The Labute approximate surface area is 175 Å². The van der Waals surface area contributed by atoms with Gasteiger partial charge in [-0.25, -0.2) is 4.99 Å². The van der Waals surface area contributed by atoms with Gasteiger partial charge in [-0.15, -0.1) is 24.0 Å². The summed E-state index contributed by atoms with van der Waals surface area (Å²) in [6.45, 7) is 14.8. The van der Waals surface area contributed by atoms with Crippen molar-refractivity contribution in [1.29, 1.82) is 0 Å². The summed E-state index contributed by atoms with van der Waals surface area (Å²) < 4.78 is 5.90. The zero-order chi connectivity index (χ0) is 18.1. The molecule has 1 aliphatic heterocycles. The number of morpholine rings is 1. The maximum Gasteiger partial charge on any atom is 0.191 e. The molecule has 1 unspecified atom stereocenters. The number of halogens is 1. The van der Waals surface area contributed by atoms with Gasteiger partial charge in [0.1, 0.15) is 0 Å². The molecule has 7 heteroatoms. The van der Waals surface area contributed by atoms with E-state index in [0.717, 1.165) is 51.0 Å². The van der Waals surface area contributed by atoms with E-state index < -0.39 is 0 Å². The number of pyridine rings is 1. The number of nitrogens with zero attached hydrogens (tertiary/aromatic N) is 3. The number of ether oxygens (including phenoxy) is 1. The first-order valence-corrected chi connectivity index (χ1v) is 9.35. The lowest BCUT2D eigenvalue weighted by atomic mass is 10.2. The van der Waals surface area contributed by atoms with Crippen LogP contribution in [0.5, 0.6) is 0 Å². The van der Waals surface area contributed by atoms with Gasteiger partial charge >= 0.3 is 0 Å². The van der Waals surface area contributed by atoms with Crippen LogP contribution in [0.1, 0.15) is 32.0 Å². The van der Waals surface area contributed by atoms with Gasteiger partial charge in [0.15, 0.2) is 5.96 Å². The van der Waals surface area contributed by atoms with Crippen molar-refractivity contribution < 1.29 is 4.74 Å². The average molecular weight is 475 g/mol. The van der Waals surface area contributed by atoms with Crippen LogP contribution >= 0.6 is 24.0 Å². The van der Waals surface area contributed by atoms with Gasteiger partial charge in [0.05, 0.1) is 24.9 Å². The Bertz CT molecular complexity index is 552. The number of guanidine groups is 1. The fourth-order valence-electron chi connectivity index (χ4n) is 2.98. The van der Waals surface area contributed by atoms with Gasteiger partial charge in [-0.1, -0.05) is 19.9 Å². The average Bonchev–Trinajstić information content (AvgIpc) is 2.58. The van der Waals surface area contributed by atoms with Gasteiger partial charge in [0.2, 0.25) is 0 Å². The van der Waals surface area contributed by atoms with Gasteiger partial charge in [-0.2, -0.15) is 0 Å². The van der Waals surface area contributed by atoms with Crippen molar-refractivity contribution in [2.75, 3.05) is 39.3 Å². The second-order valence-electron chi connectivity index (χ2n) is 6.99. The highest BCUT2D eigenvalue weighted by Crippen LogP contribution is 2.08. The zero-order valence-corrected chi connectivity index (χ0v) is 18.8. The van der Waals surface area contributed by atoms with E-state index in [9.17, 15) is 0 Å². The smallest absolute Gasteiger partial charge is 0.191 e. The molecule has 0 bridgehead atoms. The minimum Gasteiger partial charge on any atom is -0.374 e. The molecule has 0 aliphatic carbocycles. The van der Waals surface area contributed by atoms with Crippen molar-refractivity contribution in [1.82, 2.24) is 20.5 Å². The van der Waals surface area contributed by atoms with Gasteiger partial charge in [0, 0.05) is 38.9 Å². The van der Waals surface area contributed by atoms with Crippen LogP contribution in [0.15, 0.2) is 23.3 Å². The minimum atomic E-state index is 0. The van der Waals surface area contributed by atoms with Crippen molar-refractivity contribution in [3.8, 4) is 0 Å². The molecule has 2 heterocycles. The summed E-state index contributed by atoms with van der Waals surface area (Å²) in [7, 11) is 0. The van der Waals surface area contributed by atoms with Crippen molar-refractivity contribution in [3.63, 3.8) is 0 Å². The maximum atomic E-state index is 5.90. The van der Waals surface area contributed by atoms with Crippen LogP contribution in [0.25, 0.3) is 0 Å². The predicted molar refractivity (Wildman–Crippen MR) is 118 cm³/mol. The Morgan fingerprint density at radius 2 is 2.23 bits per heavy atom. The first-order chi connectivity index (χ1) is 12.1. The number of hydrogen-bond donors (Lipinski definition) is 2. The summed E-state index contributed by atoms with van der Waals surface area (Å²) in [6.07, 6.45) is 2.02. The molecular formula is C19H34IN5O. The molecule has 1 fully saturated rings. The highest BCUT2D eigenvalue weighted by atomic mass is 127. The van der Waals surface area contributed by atoms with Crippen LogP contribution in [0.2, 0.25) is 0 Å². The van der Waals surface area contributed by atoms with E-state index in [2.05, 4.69) is 59.3 Å². The van der Waals surface area contributed by atoms with Crippen molar-refractivity contribution in [2.24, 2.45) is 10.9 Å². The first-order valence-electron chi connectivity index (χ1n) is 9.35. The highest BCUT2D eigenvalue weighted by molar-refractivity contribution is 14.0. The monoisotopic (exact) mass is 475 g/mol. The summed E-state index contributed by atoms with van der Waals surface area (Å²) >= 11 is 0. The van der Waals surface area contributed by atoms with E-state index in [4.69, 9.17) is 4.74 Å². The summed E-state index contributed by atoms with van der Waals surface area (Å²) in [5, 5.41) is 6.71. The van der Waals surface area contributed by atoms with Crippen molar-refractivity contribution in [3.05, 3.63) is 29.6 Å². The summed E-state index contributed by atoms with van der Waals surface area (Å²) in [5.41, 5.74) is 2.18. The predicted octanol–water partition coefficient (Wildman–Crippen LogP) is 2.42. The molecule has 0 amide bonds. The second-order valence-corrected chi connectivity index (χ2v) is 6.99. The number of aliphatic imine (C=N–C) groups is 1. The zero-order valence-electron chi connectivity index (χ0n) is 16.5. The Morgan fingerprint density at radius 1 is 1.42 bits per heavy atom. The third-order valence-electron chi connectivity index (χ3n) is 4.19. The van der Waals surface area contributed by atoms with E-state index in [0.29, 0.717) is 12.5 Å². The quantitative estimate of drug-likeness (QED) is 0.361. The van der Waals surface area contributed by atoms with Crippen LogP contribution in [0, 0.1) is 12.8 Å². The Morgan fingerprint density at radius 3 is 2.92 bits per heavy atom. The number of aromatic nitrogens is 1. The van der Waals surface area contributed by atoms with Crippen LogP contribution in [-0.4, -0.2) is 61.3 Å². The number of aryl methyl sites for hydroxylation is 1. The van der Waals surface area contributed by atoms with Gasteiger partial charge in [-0.05, 0) is 31.4 Å².